The zero-order chi connectivity index (χ0) is 14.7. The molecule has 0 spiro atoms. The summed E-state index contributed by atoms with van der Waals surface area (Å²) in [5.74, 6) is 1.23. The number of phenolic OH excluding ortho intramolecular Hbond substituents is 1. The SMILES string of the molecule is O=C(/C=C/c1ccccc1O)c1ccc2c(c1)OCCO2. The Kier molecular flexibility index (Phi) is 3.60. The second-order valence-electron chi connectivity index (χ2n) is 4.61. The largest absolute Gasteiger partial charge is 0.507 e. The maximum absolute atomic E-state index is 12.2. The number of ketones is 1. The number of benzene rings is 2. The highest BCUT2D eigenvalue weighted by molar-refractivity contribution is 6.07. The van der Waals surface area contributed by atoms with Crippen molar-refractivity contribution in [2.45, 2.75) is 0 Å². The van der Waals surface area contributed by atoms with Gasteiger partial charge >= 0.3 is 0 Å². The Bertz CT molecular complexity index is 704. The predicted octanol–water partition coefficient (Wildman–Crippen LogP) is 3.06. The van der Waals surface area contributed by atoms with E-state index in [0.29, 0.717) is 35.8 Å². The number of carbonyl (C=O) groups excluding carboxylic acids is 1. The van der Waals surface area contributed by atoms with Gasteiger partial charge in [0.05, 0.1) is 0 Å². The van der Waals surface area contributed by atoms with Crippen LogP contribution in [0.4, 0.5) is 0 Å². The highest BCUT2D eigenvalue weighted by Crippen LogP contribution is 2.31. The average molecular weight is 282 g/mol. The van der Waals surface area contributed by atoms with E-state index in [1.54, 1.807) is 48.5 Å². The normalized spacial score (nSPS) is 13.3. The molecule has 0 fully saturated rings. The number of allylic oxidation sites excluding steroid dienone is 1. The molecule has 2 aromatic rings. The summed E-state index contributed by atoms with van der Waals surface area (Å²) in [7, 11) is 0. The summed E-state index contributed by atoms with van der Waals surface area (Å²) in [6, 6.07) is 12.0. The molecule has 3 rings (SSSR count). The van der Waals surface area contributed by atoms with Gasteiger partial charge in [-0.05, 0) is 36.4 Å². The molecule has 0 aliphatic carbocycles. The van der Waals surface area contributed by atoms with Gasteiger partial charge in [0.2, 0.25) is 0 Å². The van der Waals surface area contributed by atoms with Gasteiger partial charge < -0.3 is 14.6 Å². The summed E-state index contributed by atoms with van der Waals surface area (Å²) in [6.07, 6.45) is 3.02. The van der Waals surface area contributed by atoms with Crippen LogP contribution in [0, 0.1) is 0 Å². The van der Waals surface area contributed by atoms with Crippen molar-refractivity contribution in [3.8, 4) is 17.2 Å². The van der Waals surface area contributed by atoms with E-state index >= 15 is 0 Å². The van der Waals surface area contributed by atoms with Gasteiger partial charge in [-0.15, -0.1) is 0 Å². The maximum atomic E-state index is 12.2. The molecule has 106 valence electrons. The molecule has 0 saturated heterocycles. The summed E-state index contributed by atoms with van der Waals surface area (Å²) in [5.41, 5.74) is 1.12. The summed E-state index contributed by atoms with van der Waals surface area (Å²) in [4.78, 5) is 12.2. The van der Waals surface area contributed by atoms with E-state index in [4.69, 9.17) is 9.47 Å². The molecular formula is C17H14O4. The van der Waals surface area contributed by atoms with Gasteiger partial charge in [0.15, 0.2) is 17.3 Å². The van der Waals surface area contributed by atoms with Gasteiger partial charge in [0.25, 0.3) is 0 Å². The smallest absolute Gasteiger partial charge is 0.185 e. The van der Waals surface area contributed by atoms with Crippen LogP contribution in [0.2, 0.25) is 0 Å². The Balaban J connectivity index is 1.81. The molecule has 0 atom stereocenters. The lowest BCUT2D eigenvalue weighted by Gasteiger charge is -2.18. The lowest BCUT2D eigenvalue weighted by molar-refractivity contribution is 0.104. The number of fused-ring (bicyclic) bond motifs is 1. The predicted molar refractivity (Wildman–Crippen MR) is 78.9 cm³/mol. The summed E-state index contributed by atoms with van der Waals surface area (Å²) >= 11 is 0. The average Bonchev–Trinajstić information content (AvgIpc) is 2.53. The van der Waals surface area contributed by atoms with Crippen LogP contribution in [-0.2, 0) is 0 Å². The first kappa shape index (κ1) is 13.2. The Hall–Kier alpha value is -2.75. The van der Waals surface area contributed by atoms with Crippen LogP contribution in [0.1, 0.15) is 15.9 Å². The molecule has 1 aliphatic rings. The van der Waals surface area contributed by atoms with Gasteiger partial charge in [-0.1, -0.05) is 18.2 Å². The molecule has 1 heterocycles. The first-order valence-electron chi connectivity index (χ1n) is 6.64. The molecule has 1 aliphatic heterocycles. The third kappa shape index (κ3) is 2.89. The number of rotatable bonds is 3. The Labute approximate surface area is 122 Å². The minimum absolute atomic E-state index is 0.142. The Morgan fingerprint density at radius 2 is 1.81 bits per heavy atom. The van der Waals surface area contributed by atoms with Crippen LogP contribution in [0.25, 0.3) is 6.08 Å². The van der Waals surface area contributed by atoms with Gasteiger partial charge in [-0.3, -0.25) is 4.79 Å². The lowest BCUT2D eigenvalue weighted by Crippen LogP contribution is -2.15. The summed E-state index contributed by atoms with van der Waals surface area (Å²) < 4.78 is 10.9. The molecule has 4 heteroatoms. The van der Waals surface area contributed by atoms with Crippen LogP contribution in [-0.4, -0.2) is 24.1 Å². The highest BCUT2D eigenvalue weighted by atomic mass is 16.6. The van der Waals surface area contributed by atoms with Crippen molar-refractivity contribution in [1.82, 2.24) is 0 Å². The monoisotopic (exact) mass is 282 g/mol. The van der Waals surface area contributed by atoms with Crippen molar-refractivity contribution >= 4 is 11.9 Å². The number of ether oxygens (including phenoxy) is 2. The molecule has 21 heavy (non-hydrogen) atoms. The van der Waals surface area contributed by atoms with Crippen molar-refractivity contribution in [2.75, 3.05) is 13.2 Å². The van der Waals surface area contributed by atoms with Gasteiger partial charge in [-0.2, -0.15) is 0 Å². The van der Waals surface area contributed by atoms with E-state index < -0.39 is 0 Å². The number of para-hydroxylation sites is 1. The molecule has 0 amide bonds. The minimum Gasteiger partial charge on any atom is -0.507 e. The van der Waals surface area contributed by atoms with Gasteiger partial charge in [0, 0.05) is 11.1 Å². The van der Waals surface area contributed by atoms with E-state index in [2.05, 4.69) is 0 Å². The standard InChI is InChI=1S/C17H14O4/c18-14-4-2-1-3-12(14)5-7-15(19)13-6-8-16-17(11-13)21-10-9-20-16/h1-8,11,18H,9-10H2/b7-5+. The number of hydrogen-bond donors (Lipinski definition) is 1. The third-order valence-electron chi connectivity index (χ3n) is 3.18. The van der Waals surface area contributed by atoms with Crippen molar-refractivity contribution in [3.05, 3.63) is 59.7 Å². The fraction of sp³-hybridized carbons (Fsp3) is 0.118. The molecule has 0 radical (unpaired) electrons. The minimum atomic E-state index is -0.157. The van der Waals surface area contributed by atoms with E-state index in [1.165, 1.54) is 6.08 Å². The molecule has 0 aromatic heterocycles. The van der Waals surface area contributed by atoms with E-state index in [9.17, 15) is 9.90 Å². The molecule has 0 unspecified atom stereocenters. The molecule has 4 nitrogen and oxygen atoms in total. The Morgan fingerprint density at radius 3 is 2.62 bits per heavy atom. The van der Waals surface area contributed by atoms with Crippen LogP contribution in [0.15, 0.2) is 48.5 Å². The molecule has 0 saturated carbocycles. The number of phenols is 1. The van der Waals surface area contributed by atoms with Crippen LogP contribution in [0.3, 0.4) is 0 Å². The van der Waals surface area contributed by atoms with Crippen LogP contribution < -0.4 is 9.47 Å². The fourth-order valence-corrected chi connectivity index (χ4v) is 2.09. The van der Waals surface area contributed by atoms with E-state index in [-0.39, 0.29) is 11.5 Å². The quantitative estimate of drug-likeness (QED) is 0.694. The second-order valence-corrected chi connectivity index (χ2v) is 4.61. The second kappa shape index (κ2) is 5.71. The Morgan fingerprint density at radius 1 is 1.05 bits per heavy atom. The summed E-state index contributed by atoms with van der Waals surface area (Å²) in [6.45, 7) is 1.01. The first-order valence-corrected chi connectivity index (χ1v) is 6.64. The third-order valence-corrected chi connectivity index (χ3v) is 3.18. The first-order chi connectivity index (χ1) is 10.2. The van der Waals surface area contributed by atoms with Gasteiger partial charge in [-0.25, -0.2) is 0 Å². The zero-order valence-corrected chi connectivity index (χ0v) is 11.3. The van der Waals surface area contributed by atoms with E-state index in [0.717, 1.165) is 0 Å². The van der Waals surface area contributed by atoms with Crippen molar-refractivity contribution in [2.24, 2.45) is 0 Å². The zero-order valence-electron chi connectivity index (χ0n) is 11.3. The topological polar surface area (TPSA) is 55.8 Å². The summed E-state index contributed by atoms with van der Waals surface area (Å²) in [5, 5.41) is 9.65. The van der Waals surface area contributed by atoms with Crippen molar-refractivity contribution in [1.29, 1.82) is 0 Å². The van der Waals surface area contributed by atoms with Gasteiger partial charge in [0.1, 0.15) is 19.0 Å². The van der Waals surface area contributed by atoms with Crippen molar-refractivity contribution in [3.63, 3.8) is 0 Å². The fourth-order valence-electron chi connectivity index (χ4n) is 2.09. The van der Waals surface area contributed by atoms with E-state index in [1.807, 2.05) is 0 Å². The van der Waals surface area contributed by atoms with Crippen LogP contribution >= 0.6 is 0 Å². The van der Waals surface area contributed by atoms with Crippen LogP contribution in [0.5, 0.6) is 17.2 Å². The highest BCUT2D eigenvalue weighted by Gasteiger charge is 2.13. The number of hydrogen-bond acceptors (Lipinski definition) is 4. The lowest BCUT2D eigenvalue weighted by atomic mass is 10.1. The number of carbonyl (C=O) groups is 1. The molecule has 1 N–H and O–H groups in total. The maximum Gasteiger partial charge on any atom is 0.185 e. The molecule has 0 bridgehead atoms. The molecule has 2 aromatic carbocycles. The number of aromatic hydroxyl groups is 1. The van der Waals surface area contributed by atoms with Crippen molar-refractivity contribution < 1.29 is 19.4 Å². The molecular weight excluding hydrogens is 268 g/mol.